The number of nitrogens with two attached hydrogens (primary N) is 1. The lowest BCUT2D eigenvalue weighted by Gasteiger charge is -2.22. The molecule has 0 heterocycles. The predicted octanol–water partition coefficient (Wildman–Crippen LogP) is 3.52. The van der Waals surface area contributed by atoms with Crippen molar-refractivity contribution >= 4 is 0 Å². The lowest BCUT2D eigenvalue weighted by molar-refractivity contribution is 0.00386. The molecule has 1 aromatic rings. The molecule has 0 aliphatic heterocycles. The molecular formula is C14H19F2NO. The van der Waals surface area contributed by atoms with E-state index in [4.69, 9.17) is 10.5 Å². The number of ether oxygens (including phenoxy) is 1. The minimum Gasteiger partial charge on any atom is -0.494 e. The summed E-state index contributed by atoms with van der Waals surface area (Å²) in [5, 5.41) is 0. The second-order valence-corrected chi connectivity index (χ2v) is 4.86. The minimum absolute atomic E-state index is 0.0534. The van der Waals surface area contributed by atoms with Crippen molar-refractivity contribution in [2.24, 2.45) is 11.7 Å². The second-order valence-electron chi connectivity index (χ2n) is 4.86. The number of benzene rings is 1. The van der Waals surface area contributed by atoms with Crippen molar-refractivity contribution in [1.29, 1.82) is 0 Å². The zero-order chi connectivity index (χ0) is 13.2. The molecule has 100 valence electrons. The summed E-state index contributed by atoms with van der Waals surface area (Å²) in [5.74, 6) is -2.01. The predicted molar refractivity (Wildman–Crippen MR) is 66.8 cm³/mol. The van der Waals surface area contributed by atoms with Gasteiger partial charge in [-0.15, -0.1) is 0 Å². The first-order valence-electron chi connectivity index (χ1n) is 6.38. The topological polar surface area (TPSA) is 35.2 Å². The van der Waals surface area contributed by atoms with E-state index in [-0.39, 0.29) is 24.8 Å². The first kappa shape index (κ1) is 13.3. The molecule has 2 N–H and O–H groups in total. The van der Waals surface area contributed by atoms with Crippen molar-refractivity contribution in [2.45, 2.75) is 38.2 Å². The summed E-state index contributed by atoms with van der Waals surface area (Å²) in [6.07, 6.45) is 0.311. The van der Waals surface area contributed by atoms with Crippen LogP contribution in [0.15, 0.2) is 24.3 Å². The van der Waals surface area contributed by atoms with Gasteiger partial charge in [-0.25, -0.2) is 8.78 Å². The molecule has 2 nitrogen and oxygen atoms in total. The fourth-order valence-corrected chi connectivity index (χ4v) is 2.59. The molecule has 4 heteroatoms. The van der Waals surface area contributed by atoms with Gasteiger partial charge in [0.1, 0.15) is 5.75 Å². The van der Waals surface area contributed by atoms with Crippen molar-refractivity contribution in [1.82, 2.24) is 0 Å². The molecule has 2 unspecified atom stereocenters. The number of hydrogen-bond donors (Lipinski definition) is 1. The maximum atomic E-state index is 13.2. The van der Waals surface area contributed by atoms with Gasteiger partial charge in [0.15, 0.2) is 0 Å². The van der Waals surface area contributed by atoms with Crippen LogP contribution in [-0.2, 0) is 0 Å². The Bertz CT molecular complexity index is 409. The highest BCUT2D eigenvalue weighted by Crippen LogP contribution is 2.44. The van der Waals surface area contributed by atoms with Crippen LogP contribution in [0.1, 0.15) is 37.8 Å². The lowest BCUT2D eigenvalue weighted by atomic mass is 9.92. The van der Waals surface area contributed by atoms with E-state index < -0.39 is 5.92 Å². The van der Waals surface area contributed by atoms with E-state index in [9.17, 15) is 8.78 Å². The summed E-state index contributed by atoms with van der Waals surface area (Å²) in [6.45, 7) is 2.44. The Labute approximate surface area is 106 Å². The minimum atomic E-state index is -2.55. The van der Waals surface area contributed by atoms with Gasteiger partial charge in [0.25, 0.3) is 0 Å². The van der Waals surface area contributed by atoms with Crippen LogP contribution < -0.4 is 10.5 Å². The van der Waals surface area contributed by atoms with Gasteiger partial charge in [-0.1, -0.05) is 18.2 Å². The molecule has 0 saturated heterocycles. The van der Waals surface area contributed by atoms with Crippen molar-refractivity contribution < 1.29 is 13.5 Å². The fourth-order valence-electron chi connectivity index (χ4n) is 2.59. The van der Waals surface area contributed by atoms with E-state index in [0.717, 1.165) is 5.56 Å². The van der Waals surface area contributed by atoms with E-state index in [2.05, 4.69) is 0 Å². The van der Waals surface area contributed by atoms with E-state index in [1.54, 1.807) is 0 Å². The van der Waals surface area contributed by atoms with Crippen LogP contribution in [0.5, 0.6) is 5.75 Å². The average molecular weight is 255 g/mol. The molecule has 1 fully saturated rings. The van der Waals surface area contributed by atoms with Gasteiger partial charge < -0.3 is 10.5 Å². The van der Waals surface area contributed by atoms with E-state index in [1.165, 1.54) is 0 Å². The summed E-state index contributed by atoms with van der Waals surface area (Å²) < 4.78 is 32.0. The molecule has 0 bridgehead atoms. The third kappa shape index (κ3) is 2.80. The first-order chi connectivity index (χ1) is 8.53. The number of rotatable bonds is 4. The van der Waals surface area contributed by atoms with Gasteiger partial charge >= 0.3 is 0 Å². The van der Waals surface area contributed by atoms with Gasteiger partial charge in [0, 0.05) is 24.4 Å². The molecule has 2 atom stereocenters. The van der Waals surface area contributed by atoms with E-state index >= 15 is 0 Å². The number of halogens is 2. The van der Waals surface area contributed by atoms with Crippen LogP contribution in [-0.4, -0.2) is 12.5 Å². The monoisotopic (exact) mass is 255 g/mol. The van der Waals surface area contributed by atoms with Crippen molar-refractivity contribution in [3.05, 3.63) is 29.8 Å². The highest BCUT2D eigenvalue weighted by atomic mass is 19.3. The highest BCUT2D eigenvalue weighted by molar-refractivity contribution is 5.36. The number of alkyl halides is 2. The van der Waals surface area contributed by atoms with Crippen molar-refractivity contribution in [2.75, 3.05) is 6.61 Å². The first-order valence-corrected chi connectivity index (χ1v) is 6.38. The Morgan fingerprint density at radius 2 is 2.17 bits per heavy atom. The Morgan fingerprint density at radius 1 is 1.44 bits per heavy atom. The Hall–Kier alpha value is -1.16. The lowest BCUT2D eigenvalue weighted by Crippen LogP contribution is -2.22. The van der Waals surface area contributed by atoms with Gasteiger partial charge in [-0.2, -0.15) is 0 Å². The summed E-state index contributed by atoms with van der Waals surface area (Å²) >= 11 is 0. The maximum Gasteiger partial charge on any atom is 0.248 e. The van der Waals surface area contributed by atoms with Crippen LogP contribution in [0.2, 0.25) is 0 Å². The Kier molecular flexibility index (Phi) is 3.85. The molecule has 1 saturated carbocycles. The van der Waals surface area contributed by atoms with Crippen LogP contribution in [0, 0.1) is 5.92 Å². The second kappa shape index (κ2) is 5.22. The molecule has 1 aliphatic rings. The highest BCUT2D eigenvalue weighted by Gasteiger charge is 2.42. The molecule has 18 heavy (non-hydrogen) atoms. The molecule has 2 rings (SSSR count). The smallest absolute Gasteiger partial charge is 0.248 e. The molecule has 0 radical (unpaired) electrons. The van der Waals surface area contributed by atoms with E-state index in [0.29, 0.717) is 18.8 Å². The number of para-hydroxylation sites is 1. The zero-order valence-electron chi connectivity index (χ0n) is 10.5. The van der Waals surface area contributed by atoms with E-state index in [1.807, 2.05) is 31.2 Å². The SMILES string of the molecule is CCOc1ccccc1C(N)C1CCC(F)(F)C1. The average Bonchev–Trinajstić information content (AvgIpc) is 2.70. The molecule has 1 aliphatic carbocycles. The van der Waals surface area contributed by atoms with Crippen LogP contribution in [0.3, 0.4) is 0 Å². The zero-order valence-corrected chi connectivity index (χ0v) is 10.5. The summed E-state index contributed by atoms with van der Waals surface area (Å²) in [5.41, 5.74) is 6.97. The standard InChI is InChI=1S/C14H19F2NO/c1-2-18-12-6-4-3-5-11(12)13(17)10-7-8-14(15,16)9-10/h3-6,10,13H,2,7-9,17H2,1H3. The molecular weight excluding hydrogens is 236 g/mol. The molecule has 0 spiro atoms. The van der Waals surface area contributed by atoms with Gasteiger partial charge in [0.05, 0.1) is 6.61 Å². The summed E-state index contributed by atoms with van der Waals surface area (Å²) in [4.78, 5) is 0. The molecule has 0 amide bonds. The van der Waals surface area contributed by atoms with Crippen LogP contribution in [0.4, 0.5) is 8.78 Å². The normalized spacial score (nSPS) is 23.9. The van der Waals surface area contributed by atoms with Crippen molar-refractivity contribution in [3.63, 3.8) is 0 Å². The third-order valence-electron chi connectivity index (χ3n) is 3.53. The van der Waals surface area contributed by atoms with Gasteiger partial charge in [-0.05, 0) is 25.3 Å². The number of hydrogen-bond acceptors (Lipinski definition) is 2. The fraction of sp³-hybridized carbons (Fsp3) is 0.571. The third-order valence-corrected chi connectivity index (χ3v) is 3.53. The largest absolute Gasteiger partial charge is 0.494 e. The quantitative estimate of drug-likeness (QED) is 0.893. The van der Waals surface area contributed by atoms with Gasteiger partial charge in [-0.3, -0.25) is 0 Å². The summed E-state index contributed by atoms with van der Waals surface area (Å²) in [7, 11) is 0. The Morgan fingerprint density at radius 3 is 2.78 bits per heavy atom. The van der Waals surface area contributed by atoms with Crippen LogP contribution >= 0.6 is 0 Å². The Balaban J connectivity index is 2.16. The molecule has 0 aromatic heterocycles. The van der Waals surface area contributed by atoms with Crippen molar-refractivity contribution in [3.8, 4) is 5.75 Å². The molecule has 1 aromatic carbocycles. The van der Waals surface area contributed by atoms with Crippen LogP contribution in [0.25, 0.3) is 0 Å². The summed E-state index contributed by atoms with van der Waals surface area (Å²) in [6, 6.07) is 7.06. The maximum absolute atomic E-state index is 13.2. The van der Waals surface area contributed by atoms with Gasteiger partial charge in [0.2, 0.25) is 5.92 Å².